The molecule has 0 radical (unpaired) electrons. The molecule has 0 saturated heterocycles. The smallest absolute Gasteiger partial charge is 0.224 e. The van der Waals surface area contributed by atoms with Crippen LogP contribution in [-0.4, -0.2) is 18.0 Å². The van der Waals surface area contributed by atoms with Crippen molar-refractivity contribution in [1.29, 1.82) is 0 Å². The van der Waals surface area contributed by atoms with Gasteiger partial charge in [0.05, 0.1) is 23.6 Å². The molecule has 0 bridgehead atoms. The Morgan fingerprint density at radius 1 is 1.04 bits per heavy atom. The molecule has 5 heteroatoms. The third-order valence-electron chi connectivity index (χ3n) is 4.37. The molecule has 5 nitrogen and oxygen atoms in total. The van der Waals surface area contributed by atoms with Gasteiger partial charge in [0.2, 0.25) is 5.91 Å². The fourth-order valence-corrected chi connectivity index (χ4v) is 3.28. The second kappa shape index (κ2) is 5.14. The molecule has 1 amide bonds. The number of nitrogens with one attached hydrogen (secondary N) is 2. The maximum Gasteiger partial charge on any atom is 0.224 e. The van der Waals surface area contributed by atoms with Crippen molar-refractivity contribution >= 4 is 23.0 Å². The predicted molar refractivity (Wildman–Crippen MR) is 90.6 cm³/mol. The van der Waals surface area contributed by atoms with E-state index in [0.717, 1.165) is 33.8 Å². The van der Waals surface area contributed by atoms with E-state index < -0.39 is 0 Å². The van der Waals surface area contributed by atoms with Crippen LogP contribution in [0.2, 0.25) is 0 Å². The Labute approximate surface area is 135 Å². The summed E-state index contributed by atoms with van der Waals surface area (Å²) in [6, 6.07) is 16.2. The third kappa shape index (κ3) is 2.09. The van der Waals surface area contributed by atoms with Crippen molar-refractivity contribution < 1.29 is 4.79 Å². The highest BCUT2D eigenvalue weighted by atomic mass is 16.2. The Balaban J connectivity index is 2.06. The molecule has 0 atom stereocenters. The van der Waals surface area contributed by atoms with Crippen molar-refractivity contribution in [3.8, 4) is 0 Å². The lowest BCUT2D eigenvalue weighted by molar-refractivity contribution is -0.116. The van der Waals surface area contributed by atoms with Crippen LogP contribution in [-0.2, 0) is 11.3 Å². The van der Waals surface area contributed by atoms with Gasteiger partial charge in [-0.2, -0.15) is 0 Å². The highest BCUT2D eigenvalue weighted by Crippen LogP contribution is 2.38. The minimum Gasteiger partial charge on any atom is -0.308 e. The van der Waals surface area contributed by atoms with Crippen molar-refractivity contribution in [1.82, 2.24) is 16.0 Å². The molecule has 2 heterocycles. The number of fused-ring (bicyclic) bond motifs is 4. The Bertz CT molecular complexity index is 827. The van der Waals surface area contributed by atoms with E-state index in [-0.39, 0.29) is 5.91 Å². The molecule has 0 saturated carbocycles. The molecule has 23 heavy (non-hydrogen) atoms. The molecule has 2 aromatic rings. The van der Waals surface area contributed by atoms with Gasteiger partial charge in [-0.15, -0.1) is 5.53 Å². The zero-order valence-electron chi connectivity index (χ0n) is 13.1. The van der Waals surface area contributed by atoms with Crippen molar-refractivity contribution in [2.45, 2.75) is 13.5 Å². The summed E-state index contributed by atoms with van der Waals surface area (Å²) >= 11 is 0. The van der Waals surface area contributed by atoms with Crippen molar-refractivity contribution in [3.63, 3.8) is 0 Å². The maximum atomic E-state index is 12.3. The molecule has 2 aliphatic rings. The lowest BCUT2D eigenvalue weighted by Gasteiger charge is -2.28. The summed E-state index contributed by atoms with van der Waals surface area (Å²) in [7, 11) is 1.99. The van der Waals surface area contributed by atoms with E-state index in [1.54, 1.807) is 6.92 Å². The number of benzene rings is 2. The van der Waals surface area contributed by atoms with Gasteiger partial charge in [0.15, 0.2) is 0 Å². The van der Waals surface area contributed by atoms with Crippen LogP contribution < -0.4 is 15.9 Å². The second-order valence-electron chi connectivity index (χ2n) is 5.80. The summed E-state index contributed by atoms with van der Waals surface area (Å²) in [6.45, 7) is 2.18. The first-order valence-corrected chi connectivity index (χ1v) is 7.62. The molecule has 2 aliphatic heterocycles. The van der Waals surface area contributed by atoms with Crippen LogP contribution in [0.1, 0.15) is 23.6 Å². The standard InChI is InChI=1S/C18H18N4O/c1-12(23)22-11-13-7-3-4-8-14(13)18-17(19-20-21(18)2)15-9-5-6-10-16(15)22/h3-10,19-20H,11H2,1-2H3. The molecule has 0 aromatic heterocycles. The van der Waals surface area contributed by atoms with Crippen LogP contribution >= 0.6 is 0 Å². The zero-order valence-corrected chi connectivity index (χ0v) is 13.1. The van der Waals surface area contributed by atoms with Crippen LogP contribution in [0.25, 0.3) is 11.4 Å². The van der Waals surface area contributed by atoms with E-state index in [1.807, 2.05) is 53.4 Å². The van der Waals surface area contributed by atoms with Gasteiger partial charge in [0, 0.05) is 25.1 Å². The second-order valence-corrected chi connectivity index (χ2v) is 5.80. The number of rotatable bonds is 0. The summed E-state index contributed by atoms with van der Waals surface area (Å²) in [5, 5.41) is 1.98. The minimum atomic E-state index is 0.0376. The average molecular weight is 306 g/mol. The summed E-state index contributed by atoms with van der Waals surface area (Å²) < 4.78 is 0. The van der Waals surface area contributed by atoms with Crippen molar-refractivity contribution in [3.05, 3.63) is 65.2 Å². The van der Waals surface area contributed by atoms with E-state index >= 15 is 0 Å². The zero-order chi connectivity index (χ0) is 16.0. The lowest BCUT2D eigenvalue weighted by atomic mass is 9.96. The van der Waals surface area contributed by atoms with E-state index in [1.165, 1.54) is 0 Å². The normalized spacial score (nSPS) is 16.1. The first-order valence-electron chi connectivity index (χ1n) is 7.62. The Hall–Kier alpha value is -2.79. The van der Waals surface area contributed by atoms with Crippen molar-refractivity contribution in [2.24, 2.45) is 0 Å². The molecule has 2 aromatic carbocycles. The van der Waals surface area contributed by atoms with Crippen LogP contribution in [0.15, 0.2) is 48.5 Å². The summed E-state index contributed by atoms with van der Waals surface area (Å²) in [4.78, 5) is 14.1. The minimum absolute atomic E-state index is 0.0376. The number of hydrazine groups is 2. The number of nitrogens with zero attached hydrogens (tertiary/aromatic N) is 2. The maximum absolute atomic E-state index is 12.3. The SMILES string of the molecule is CC(=O)N1Cc2ccccc2C2=C(NNN2C)c2ccccc21. The average Bonchev–Trinajstić information content (AvgIpc) is 2.92. The molecule has 4 rings (SSSR count). The summed E-state index contributed by atoms with van der Waals surface area (Å²) in [6.07, 6.45) is 0. The first-order chi connectivity index (χ1) is 11.2. The largest absolute Gasteiger partial charge is 0.308 e. The first kappa shape index (κ1) is 13.8. The summed E-state index contributed by atoms with van der Waals surface area (Å²) in [5.74, 6) is 0.0376. The van der Waals surface area contributed by atoms with Gasteiger partial charge in [0.1, 0.15) is 0 Å². The van der Waals surface area contributed by atoms with Crippen LogP contribution in [0.3, 0.4) is 0 Å². The van der Waals surface area contributed by atoms with Gasteiger partial charge in [-0.1, -0.05) is 42.5 Å². The quantitative estimate of drug-likeness (QED) is 0.784. The Kier molecular flexibility index (Phi) is 3.09. The van der Waals surface area contributed by atoms with Crippen LogP contribution in [0.5, 0.6) is 0 Å². The van der Waals surface area contributed by atoms with Crippen LogP contribution in [0, 0.1) is 0 Å². The molecule has 0 spiro atoms. The molecule has 0 fully saturated rings. The number of para-hydroxylation sites is 1. The molecule has 0 unspecified atom stereocenters. The fourth-order valence-electron chi connectivity index (χ4n) is 3.28. The number of hydrogen-bond acceptors (Lipinski definition) is 4. The lowest BCUT2D eigenvalue weighted by Crippen LogP contribution is -2.34. The van der Waals surface area contributed by atoms with Gasteiger partial charge in [-0.25, -0.2) is 0 Å². The van der Waals surface area contributed by atoms with Crippen LogP contribution in [0.4, 0.5) is 5.69 Å². The highest BCUT2D eigenvalue weighted by Gasteiger charge is 2.30. The van der Waals surface area contributed by atoms with E-state index in [4.69, 9.17) is 0 Å². The van der Waals surface area contributed by atoms with E-state index in [2.05, 4.69) is 23.1 Å². The third-order valence-corrected chi connectivity index (χ3v) is 4.37. The van der Waals surface area contributed by atoms with Gasteiger partial charge >= 0.3 is 0 Å². The van der Waals surface area contributed by atoms with Gasteiger partial charge in [-0.05, 0) is 11.6 Å². The molecule has 0 aliphatic carbocycles. The number of carbonyl (C=O) groups is 1. The predicted octanol–water partition coefficient (Wildman–Crippen LogP) is 2.33. The molecular weight excluding hydrogens is 288 g/mol. The molecule has 2 N–H and O–H groups in total. The number of anilines is 1. The van der Waals surface area contributed by atoms with Gasteiger partial charge < -0.3 is 10.3 Å². The number of amides is 1. The Morgan fingerprint density at radius 2 is 1.74 bits per heavy atom. The van der Waals surface area contributed by atoms with Gasteiger partial charge in [0.25, 0.3) is 0 Å². The van der Waals surface area contributed by atoms with E-state index in [9.17, 15) is 4.79 Å². The fraction of sp³-hybridized carbons (Fsp3) is 0.167. The summed E-state index contributed by atoms with van der Waals surface area (Å²) in [5.41, 5.74) is 12.7. The highest BCUT2D eigenvalue weighted by molar-refractivity contribution is 6.01. The topological polar surface area (TPSA) is 47.6 Å². The number of hydrogen-bond donors (Lipinski definition) is 2. The monoisotopic (exact) mass is 306 g/mol. The van der Waals surface area contributed by atoms with E-state index in [0.29, 0.717) is 6.54 Å². The molecular formula is C18H18N4O. The van der Waals surface area contributed by atoms with Crippen molar-refractivity contribution in [2.75, 3.05) is 11.9 Å². The Morgan fingerprint density at radius 3 is 2.52 bits per heavy atom. The molecule has 116 valence electrons. The number of carbonyl (C=O) groups excluding carboxylic acids is 1. The van der Waals surface area contributed by atoms with Gasteiger partial charge in [-0.3, -0.25) is 9.80 Å².